The fourth-order valence-corrected chi connectivity index (χ4v) is 13.3. The Kier molecular flexibility index (Phi) is 8.83. The van der Waals surface area contributed by atoms with Crippen LogP contribution in [0.1, 0.15) is 128 Å². The molecule has 6 aliphatic rings. The summed E-state index contributed by atoms with van der Waals surface area (Å²) in [5, 5.41) is 8.15. The van der Waals surface area contributed by atoms with Gasteiger partial charge in [-0.25, -0.2) is 0 Å². The minimum absolute atomic E-state index is 0.00242. The molecule has 2 aliphatic heterocycles. The molecule has 72 heavy (non-hydrogen) atoms. The van der Waals surface area contributed by atoms with Crippen LogP contribution in [0.4, 0.5) is 0 Å². The summed E-state index contributed by atoms with van der Waals surface area (Å²) in [6, 6.07) is 53.9. The van der Waals surface area contributed by atoms with E-state index in [9.17, 15) is 0 Å². The number of rotatable bonds is 1. The topological polar surface area (TPSA) is 14.8 Å². The van der Waals surface area contributed by atoms with Gasteiger partial charge in [-0.15, -0.1) is 0 Å². The lowest BCUT2D eigenvalue weighted by atomic mass is 9.34. The zero-order chi connectivity index (χ0) is 49.7. The first kappa shape index (κ1) is 44.0. The second kappa shape index (κ2) is 14.5. The predicted molar refractivity (Wildman–Crippen MR) is 310 cm³/mol. The first-order chi connectivity index (χ1) is 34.2. The van der Waals surface area contributed by atoms with Crippen molar-refractivity contribution in [3.8, 4) is 17.1 Å². The number of hydrogen-bond donors (Lipinski definition) is 0. The van der Waals surface area contributed by atoms with Gasteiger partial charge in [-0.1, -0.05) is 162 Å². The lowest BCUT2D eigenvalue weighted by molar-refractivity contribution is 0.590. The van der Waals surface area contributed by atoms with E-state index in [0.29, 0.717) is 0 Å². The zero-order valence-electron chi connectivity index (χ0n) is 44.4. The molecule has 3 aromatic heterocycles. The highest BCUT2D eigenvalue weighted by Crippen LogP contribution is 2.46. The second-order valence-electron chi connectivity index (χ2n) is 26.2. The number of para-hydroxylation sites is 1. The SMILES string of the molecule is CC(C)(C)c1ccc2c(c1)c1cc(C(C)(C)C)cc3c1n2-c1cc(-n2c4ccccc4c4c5ccc(c42)CCc2ccc(cc2)CC5)cc2c1B3c1cc(C(C)(C)C)cc3c4cc(C(C)(C)C)ccc4n-2c13. The van der Waals surface area contributed by atoms with Gasteiger partial charge >= 0.3 is 0 Å². The van der Waals surface area contributed by atoms with Crippen molar-refractivity contribution in [2.45, 2.75) is 130 Å². The third-order valence-corrected chi connectivity index (χ3v) is 17.4. The Balaban J connectivity index is 1.19. The van der Waals surface area contributed by atoms with Gasteiger partial charge in [0.1, 0.15) is 0 Å². The van der Waals surface area contributed by atoms with Gasteiger partial charge in [-0.2, -0.15) is 0 Å². The quantitative estimate of drug-likeness (QED) is 0.146. The molecule has 3 nitrogen and oxygen atoms in total. The van der Waals surface area contributed by atoms with Crippen LogP contribution in [0.5, 0.6) is 0 Å². The monoisotopic (exact) mass is 936 g/mol. The smallest absolute Gasteiger partial charge is 0.252 e. The third-order valence-electron chi connectivity index (χ3n) is 17.4. The molecule has 0 atom stereocenters. The molecule has 8 aromatic carbocycles. The molecule has 0 saturated heterocycles. The van der Waals surface area contributed by atoms with Crippen LogP contribution in [0.25, 0.3) is 82.5 Å². The maximum atomic E-state index is 2.70. The van der Waals surface area contributed by atoms with Crippen molar-refractivity contribution in [3.63, 3.8) is 0 Å². The maximum Gasteiger partial charge on any atom is 0.252 e. The summed E-state index contributed by atoms with van der Waals surface area (Å²) in [5.41, 5.74) is 27.0. The molecule has 0 saturated carbocycles. The number of fused-ring (bicyclic) bond motifs is 11. The van der Waals surface area contributed by atoms with Crippen LogP contribution in [0, 0.1) is 0 Å². The Bertz CT molecular complexity index is 4000. The highest BCUT2D eigenvalue weighted by atomic mass is 15.1. The van der Waals surface area contributed by atoms with Crippen LogP contribution in [-0.4, -0.2) is 20.4 Å². The van der Waals surface area contributed by atoms with E-state index < -0.39 is 0 Å². The van der Waals surface area contributed by atoms with E-state index in [1.807, 2.05) is 0 Å². The average Bonchev–Trinajstić information content (AvgIpc) is 3.98. The van der Waals surface area contributed by atoms with Crippen molar-refractivity contribution in [1.82, 2.24) is 13.7 Å². The van der Waals surface area contributed by atoms with Gasteiger partial charge in [-0.3, -0.25) is 0 Å². The highest BCUT2D eigenvalue weighted by molar-refractivity contribution is 7.00. The van der Waals surface area contributed by atoms with Crippen molar-refractivity contribution in [1.29, 1.82) is 0 Å². The predicted octanol–water partition coefficient (Wildman–Crippen LogP) is 15.2. The van der Waals surface area contributed by atoms with Crippen LogP contribution < -0.4 is 16.4 Å². The summed E-state index contributed by atoms with van der Waals surface area (Å²) in [5.74, 6) is 0. The Morgan fingerprint density at radius 3 is 1.31 bits per heavy atom. The lowest BCUT2D eigenvalue weighted by Crippen LogP contribution is -2.59. The molecule has 11 aromatic rings. The largest absolute Gasteiger partial charge is 0.310 e. The Morgan fingerprint density at radius 1 is 0.361 bits per heavy atom. The minimum Gasteiger partial charge on any atom is -0.310 e. The zero-order valence-corrected chi connectivity index (χ0v) is 44.4. The van der Waals surface area contributed by atoms with E-state index in [1.54, 1.807) is 0 Å². The van der Waals surface area contributed by atoms with Gasteiger partial charge in [0.05, 0.1) is 27.8 Å². The standard InChI is InChI=1S/C68H66BN3/c1-65(2,3)43-27-29-56-49(31-43)51-33-45(67(7,8)9)35-53-63(51)71(56)58-37-47(70-55-16-14-13-15-48(55)60-41-23-21-39-17-19-40(20-18-39)22-24-42(26-25-41)62(60)70)38-59-61(58)69(53)54-36-46(68(10,11)12)34-52-50-32-44(66(4,5)6)28-30-57(50)72(59)64(52)54/h13-20,25-38H,21-24H2,1-12H3. The van der Waals surface area contributed by atoms with Crippen LogP contribution in [-0.2, 0) is 47.3 Å². The van der Waals surface area contributed by atoms with E-state index in [0.717, 1.165) is 25.7 Å². The van der Waals surface area contributed by atoms with E-state index in [1.165, 1.54) is 143 Å². The Labute approximate surface area is 425 Å². The molecule has 0 radical (unpaired) electrons. The fraction of sp³-hybridized carbons (Fsp3) is 0.294. The van der Waals surface area contributed by atoms with Gasteiger partial charge in [0.15, 0.2) is 0 Å². The van der Waals surface area contributed by atoms with E-state index in [4.69, 9.17) is 0 Å². The molecule has 5 heterocycles. The summed E-state index contributed by atoms with van der Waals surface area (Å²) < 4.78 is 8.08. The highest BCUT2D eigenvalue weighted by Gasteiger charge is 2.43. The van der Waals surface area contributed by atoms with Crippen molar-refractivity contribution in [2.75, 3.05) is 0 Å². The molecule has 0 N–H and O–H groups in total. The molecule has 0 amide bonds. The first-order valence-corrected chi connectivity index (χ1v) is 26.8. The third kappa shape index (κ3) is 6.17. The number of benzene rings is 8. The molecule has 0 spiro atoms. The van der Waals surface area contributed by atoms with Crippen LogP contribution in [0.3, 0.4) is 0 Å². The summed E-state index contributed by atoms with van der Waals surface area (Å²) in [6.07, 6.45) is 3.99. The lowest BCUT2D eigenvalue weighted by Gasteiger charge is -2.36. The molecule has 4 aliphatic carbocycles. The van der Waals surface area contributed by atoms with Gasteiger partial charge in [-0.05, 0) is 163 Å². The summed E-state index contributed by atoms with van der Waals surface area (Å²) in [4.78, 5) is 0. The van der Waals surface area contributed by atoms with Crippen LogP contribution >= 0.6 is 0 Å². The number of aromatic nitrogens is 3. The van der Waals surface area contributed by atoms with Gasteiger partial charge in [0.25, 0.3) is 6.71 Å². The van der Waals surface area contributed by atoms with Crippen molar-refractivity contribution in [2.24, 2.45) is 0 Å². The van der Waals surface area contributed by atoms with E-state index in [-0.39, 0.29) is 28.4 Å². The number of hydrogen-bond acceptors (Lipinski definition) is 0. The molecular formula is C68H66BN3. The van der Waals surface area contributed by atoms with Gasteiger partial charge in [0.2, 0.25) is 0 Å². The van der Waals surface area contributed by atoms with Gasteiger partial charge in [0, 0.05) is 54.7 Å². The molecule has 356 valence electrons. The molecule has 17 rings (SSSR count). The fourth-order valence-electron chi connectivity index (χ4n) is 13.3. The van der Waals surface area contributed by atoms with Crippen molar-refractivity contribution in [3.05, 3.63) is 178 Å². The number of aryl methyl sites for hydroxylation is 4. The molecular weight excluding hydrogens is 870 g/mol. The average molecular weight is 936 g/mol. The van der Waals surface area contributed by atoms with E-state index in [2.05, 4.69) is 230 Å². The number of nitrogens with zero attached hydrogens (tertiary/aromatic N) is 3. The van der Waals surface area contributed by atoms with Crippen LogP contribution in [0.15, 0.2) is 133 Å². The normalized spacial score (nSPS) is 14.7. The second-order valence-corrected chi connectivity index (χ2v) is 26.2. The molecule has 4 bridgehead atoms. The Morgan fingerprint density at radius 2 is 0.806 bits per heavy atom. The first-order valence-electron chi connectivity index (χ1n) is 26.8. The maximum absolute atomic E-state index is 2.70. The van der Waals surface area contributed by atoms with Gasteiger partial charge < -0.3 is 13.7 Å². The Hall–Kier alpha value is -6.78. The van der Waals surface area contributed by atoms with E-state index >= 15 is 0 Å². The molecule has 4 heteroatoms. The minimum atomic E-state index is -0.0573. The molecule has 0 unspecified atom stereocenters. The molecule has 0 fully saturated rings. The summed E-state index contributed by atoms with van der Waals surface area (Å²) in [6.45, 7) is 28.5. The van der Waals surface area contributed by atoms with Crippen LogP contribution in [0.2, 0.25) is 0 Å². The van der Waals surface area contributed by atoms with Crippen molar-refractivity contribution >= 4 is 88.5 Å². The summed E-state index contributed by atoms with van der Waals surface area (Å²) in [7, 11) is 0. The van der Waals surface area contributed by atoms with Crippen molar-refractivity contribution < 1.29 is 0 Å². The summed E-state index contributed by atoms with van der Waals surface area (Å²) >= 11 is 0.